The van der Waals surface area contributed by atoms with Gasteiger partial charge in [-0.25, -0.2) is 0 Å². The van der Waals surface area contributed by atoms with Crippen LogP contribution in [0.25, 0.3) is 11.1 Å². The number of Topliss-reactive ketones (excluding diaryl/α,β-unsaturated/α-hetero) is 1. The lowest BCUT2D eigenvalue weighted by molar-refractivity contribution is 0.104. The number of carbonyl (C=O) groups is 1. The molecule has 2 rings (SSSR count). The average molecular weight is 210 g/mol. The van der Waals surface area contributed by atoms with Crippen LogP contribution in [0.4, 0.5) is 0 Å². The maximum absolute atomic E-state index is 11.0. The third-order valence-electron chi connectivity index (χ3n) is 2.37. The van der Waals surface area contributed by atoms with Crippen LogP contribution in [0, 0.1) is 6.92 Å². The lowest BCUT2D eigenvalue weighted by atomic mass is 10.0. The van der Waals surface area contributed by atoms with Gasteiger partial charge in [0.25, 0.3) is 0 Å². The fourth-order valence-corrected chi connectivity index (χ4v) is 1.54. The molecular weight excluding hydrogens is 200 g/mol. The van der Waals surface area contributed by atoms with Crippen molar-refractivity contribution in [3.05, 3.63) is 61.0 Å². The second kappa shape index (κ2) is 4.19. The molecule has 0 aromatic heterocycles. The number of phenols is 1. The van der Waals surface area contributed by atoms with Crippen molar-refractivity contribution in [2.75, 3.05) is 0 Å². The van der Waals surface area contributed by atoms with Gasteiger partial charge in [-0.15, -0.1) is 0 Å². The molecular formula is C14H10O2. The van der Waals surface area contributed by atoms with Crippen LogP contribution < -0.4 is 0 Å². The molecule has 0 atom stereocenters. The molecule has 2 aromatic rings. The van der Waals surface area contributed by atoms with E-state index in [1.54, 1.807) is 6.07 Å². The second-order valence-corrected chi connectivity index (χ2v) is 3.46. The highest BCUT2D eigenvalue weighted by molar-refractivity contribution is 6.00. The van der Waals surface area contributed by atoms with Gasteiger partial charge in [-0.05, 0) is 23.8 Å². The zero-order chi connectivity index (χ0) is 11.5. The van der Waals surface area contributed by atoms with Gasteiger partial charge in [0, 0.05) is 18.1 Å². The Labute approximate surface area is 94.2 Å². The van der Waals surface area contributed by atoms with Gasteiger partial charge in [0.2, 0.25) is 0 Å². The van der Waals surface area contributed by atoms with Crippen LogP contribution in [0.15, 0.2) is 48.5 Å². The number of ketones is 1. The van der Waals surface area contributed by atoms with Crippen molar-refractivity contribution in [2.24, 2.45) is 0 Å². The third kappa shape index (κ3) is 1.96. The highest BCUT2D eigenvalue weighted by Crippen LogP contribution is 2.29. The molecule has 1 N–H and O–H groups in total. The first-order chi connectivity index (χ1) is 7.68. The summed E-state index contributed by atoms with van der Waals surface area (Å²) in [4.78, 5) is 11.0. The van der Waals surface area contributed by atoms with Crippen molar-refractivity contribution >= 4 is 5.78 Å². The first-order valence-corrected chi connectivity index (χ1v) is 4.87. The van der Waals surface area contributed by atoms with Crippen LogP contribution in [-0.4, -0.2) is 10.9 Å². The maximum atomic E-state index is 11.0. The Morgan fingerprint density at radius 1 is 1.06 bits per heavy atom. The van der Waals surface area contributed by atoms with Gasteiger partial charge in [-0.3, -0.25) is 4.79 Å². The maximum Gasteiger partial charge on any atom is 0.167 e. The van der Waals surface area contributed by atoms with E-state index in [1.807, 2.05) is 30.3 Å². The van der Waals surface area contributed by atoms with Crippen molar-refractivity contribution in [2.45, 2.75) is 0 Å². The fourth-order valence-electron chi connectivity index (χ4n) is 1.54. The van der Waals surface area contributed by atoms with E-state index in [0.717, 1.165) is 5.56 Å². The van der Waals surface area contributed by atoms with Gasteiger partial charge in [0.05, 0.1) is 0 Å². The summed E-state index contributed by atoms with van der Waals surface area (Å²) in [7, 11) is 0. The number of hydrogen-bond acceptors (Lipinski definition) is 2. The molecule has 0 aliphatic carbocycles. The number of aromatic hydroxyl groups is 1. The van der Waals surface area contributed by atoms with E-state index >= 15 is 0 Å². The van der Waals surface area contributed by atoms with E-state index in [9.17, 15) is 9.90 Å². The first kappa shape index (κ1) is 10.4. The van der Waals surface area contributed by atoms with Crippen LogP contribution in [0.2, 0.25) is 0 Å². The smallest absolute Gasteiger partial charge is 0.167 e. The van der Waals surface area contributed by atoms with Gasteiger partial charge in [0.1, 0.15) is 5.75 Å². The van der Waals surface area contributed by atoms with Crippen LogP contribution in [0.3, 0.4) is 0 Å². The number of carbonyl (C=O) groups excluding carboxylic acids is 1. The lowest BCUT2D eigenvalue weighted by Crippen LogP contribution is -1.92. The summed E-state index contributed by atoms with van der Waals surface area (Å²) in [5.41, 5.74) is 1.84. The van der Waals surface area contributed by atoms with Gasteiger partial charge in [-0.2, -0.15) is 0 Å². The summed E-state index contributed by atoms with van der Waals surface area (Å²) < 4.78 is 0. The minimum Gasteiger partial charge on any atom is -0.507 e. The standard InChI is InChI=1S/C14H10O2/c1-10(15)12-7-8-14(16)13(9-12)11-5-3-2-4-6-11/h1-9,16H. The zero-order valence-corrected chi connectivity index (χ0v) is 8.55. The van der Waals surface area contributed by atoms with Crippen molar-refractivity contribution in [1.29, 1.82) is 0 Å². The molecule has 2 nitrogen and oxygen atoms in total. The Bertz CT molecular complexity index is 516. The number of benzene rings is 2. The molecule has 0 aliphatic rings. The molecule has 0 heterocycles. The van der Waals surface area contributed by atoms with Gasteiger partial charge >= 0.3 is 0 Å². The summed E-state index contributed by atoms with van der Waals surface area (Å²) >= 11 is 0. The Morgan fingerprint density at radius 3 is 2.38 bits per heavy atom. The minimum absolute atomic E-state index is 0.135. The van der Waals surface area contributed by atoms with Crippen LogP contribution in [0.5, 0.6) is 5.75 Å². The van der Waals surface area contributed by atoms with Gasteiger partial charge in [0.15, 0.2) is 5.78 Å². The molecule has 2 aromatic carbocycles. The summed E-state index contributed by atoms with van der Waals surface area (Å²) in [6, 6.07) is 13.9. The van der Waals surface area contributed by atoms with E-state index in [-0.39, 0.29) is 5.75 Å². The predicted molar refractivity (Wildman–Crippen MR) is 62.2 cm³/mol. The molecule has 0 bridgehead atoms. The molecule has 0 unspecified atom stereocenters. The minimum atomic E-state index is -0.503. The van der Waals surface area contributed by atoms with Crippen LogP contribution in [0.1, 0.15) is 10.4 Å². The second-order valence-electron chi connectivity index (χ2n) is 3.46. The van der Waals surface area contributed by atoms with E-state index in [2.05, 4.69) is 0 Å². The topological polar surface area (TPSA) is 37.3 Å². The summed E-state index contributed by atoms with van der Waals surface area (Å²) in [6.45, 7) is 5.19. The van der Waals surface area contributed by atoms with E-state index in [4.69, 9.17) is 6.92 Å². The average Bonchev–Trinajstić information content (AvgIpc) is 2.30. The molecule has 0 aliphatic heterocycles. The Morgan fingerprint density at radius 2 is 1.75 bits per heavy atom. The van der Waals surface area contributed by atoms with Crippen molar-refractivity contribution in [1.82, 2.24) is 0 Å². The normalized spacial score (nSPS) is 10.1. The van der Waals surface area contributed by atoms with E-state index in [0.29, 0.717) is 11.1 Å². The van der Waals surface area contributed by atoms with Crippen molar-refractivity contribution in [3.8, 4) is 16.9 Å². The monoisotopic (exact) mass is 210 g/mol. The summed E-state index contributed by atoms with van der Waals surface area (Å²) in [5.74, 6) is -0.367. The van der Waals surface area contributed by atoms with E-state index < -0.39 is 5.78 Å². The molecule has 0 spiro atoms. The molecule has 0 saturated carbocycles. The van der Waals surface area contributed by atoms with Gasteiger partial charge in [-0.1, -0.05) is 30.3 Å². The Balaban J connectivity index is 2.56. The molecule has 0 fully saturated rings. The fraction of sp³-hybridized carbons (Fsp3) is 0. The number of phenolic OH excluding ortho intramolecular Hbond substituents is 1. The van der Waals surface area contributed by atoms with Crippen molar-refractivity contribution < 1.29 is 9.90 Å². The quantitative estimate of drug-likeness (QED) is 0.774. The molecule has 0 saturated heterocycles. The highest BCUT2D eigenvalue weighted by atomic mass is 16.3. The Hall–Kier alpha value is -2.09. The van der Waals surface area contributed by atoms with Crippen molar-refractivity contribution in [3.63, 3.8) is 0 Å². The predicted octanol–water partition coefficient (Wildman–Crippen LogP) is 2.95. The lowest BCUT2D eigenvalue weighted by Gasteiger charge is -2.06. The zero-order valence-electron chi connectivity index (χ0n) is 8.55. The molecule has 2 heteroatoms. The van der Waals surface area contributed by atoms with Gasteiger partial charge < -0.3 is 5.11 Å². The first-order valence-electron chi connectivity index (χ1n) is 4.87. The Kier molecular flexibility index (Phi) is 2.73. The third-order valence-corrected chi connectivity index (χ3v) is 2.37. The number of rotatable bonds is 2. The van der Waals surface area contributed by atoms with Crippen LogP contribution in [-0.2, 0) is 0 Å². The largest absolute Gasteiger partial charge is 0.507 e. The van der Waals surface area contributed by atoms with E-state index in [1.165, 1.54) is 12.1 Å². The molecule has 16 heavy (non-hydrogen) atoms. The number of hydrogen-bond donors (Lipinski definition) is 1. The molecule has 2 radical (unpaired) electrons. The highest BCUT2D eigenvalue weighted by Gasteiger charge is 2.07. The summed E-state index contributed by atoms with van der Waals surface area (Å²) in [6.07, 6.45) is 0. The molecule has 0 amide bonds. The summed E-state index contributed by atoms with van der Waals surface area (Å²) in [5, 5.41) is 9.72. The van der Waals surface area contributed by atoms with Crippen LogP contribution >= 0.6 is 0 Å². The SMILES string of the molecule is [CH]C(=O)c1ccc(O)c(-c2ccccc2)c1. The molecule has 78 valence electrons.